The molecule has 3 amide bonds. The van der Waals surface area contributed by atoms with Crippen molar-refractivity contribution in [2.24, 2.45) is 0 Å². The van der Waals surface area contributed by atoms with E-state index in [1.807, 2.05) is 54.1 Å². The van der Waals surface area contributed by atoms with Crippen LogP contribution >= 0.6 is 0 Å². The molecule has 1 aromatic carbocycles. The van der Waals surface area contributed by atoms with Gasteiger partial charge in [0.1, 0.15) is 5.69 Å². The van der Waals surface area contributed by atoms with Crippen LogP contribution in [0, 0.1) is 6.92 Å². The first-order valence-electron chi connectivity index (χ1n) is 10.2. The molecular formula is C23H24N6O3. The molecule has 1 aliphatic heterocycles. The molecule has 0 radical (unpaired) electrons. The summed E-state index contributed by atoms with van der Waals surface area (Å²) in [6, 6.07) is 12.8. The average molecular weight is 432 g/mol. The fourth-order valence-corrected chi connectivity index (χ4v) is 3.45. The summed E-state index contributed by atoms with van der Waals surface area (Å²) in [5, 5.41) is 1.33. The monoisotopic (exact) mass is 432 g/mol. The van der Waals surface area contributed by atoms with Gasteiger partial charge in [0.05, 0.1) is 24.8 Å². The van der Waals surface area contributed by atoms with Gasteiger partial charge in [-0.25, -0.2) is 19.8 Å². The van der Waals surface area contributed by atoms with Crippen molar-refractivity contribution >= 4 is 23.7 Å². The number of methoxy groups -OCH3 is 1. The maximum Gasteiger partial charge on any atom is 0.343 e. The minimum absolute atomic E-state index is 0.260. The van der Waals surface area contributed by atoms with Gasteiger partial charge < -0.3 is 9.30 Å². The van der Waals surface area contributed by atoms with Crippen LogP contribution in [0.15, 0.2) is 61.1 Å². The topological polar surface area (TPSA) is 92.6 Å². The van der Waals surface area contributed by atoms with E-state index >= 15 is 0 Å². The van der Waals surface area contributed by atoms with Crippen molar-refractivity contribution in [3.8, 4) is 11.6 Å². The number of carbonyl (C=O) groups excluding carboxylic acids is 2. The fraction of sp³-hybridized carbons (Fsp3) is 0.217. The van der Waals surface area contributed by atoms with E-state index in [4.69, 9.17) is 4.74 Å². The Labute approximate surface area is 185 Å². The predicted molar refractivity (Wildman–Crippen MR) is 120 cm³/mol. The van der Waals surface area contributed by atoms with Crippen LogP contribution in [0.4, 0.5) is 10.5 Å². The Morgan fingerprint density at radius 2 is 1.97 bits per heavy atom. The van der Waals surface area contributed by atoms with Crippen molar-refractivity contribution in [1.29, 1.82) is 0 Å². The number of para-hydroxylation sites is 1. The summed E-state index contributed by atoms with van der Waals surface area (Å²) >= 11 is 0. The number of hydrogen-bond donors (Lipinski definition) is 1. The first-order chi connectivity index (χ1) is 15.5. The highest BCUT2D eigenvalue weighted by Gasteiger charge is 2.27. The van der Waals surface area contributed by atoms with Crippen LogP contribution in [0.1, 0.15) is 17.8 Å². The maximum absolute atomic E-state index is 12.8. The maximum atomic E-state index is 12.8. The van der Waals surface area contributed by atoms with Crippen LogP contribution in [-0.4, -0.2) is 51.7 Å². The number of hydrazine groups is 1. The molecule has 4 rings (SSSR count). The van der Waals surface area contributed by atoms with Gasteiger partial charge in [-0.15, -0.1) is 0 Å². The summed E-state index contributed by atoms with van der Waals surface area (Å²) in [5.41, 5.74) is 5.63. The number of urea groups is 1. The van der Waals surface area contributed by atoms with Crippen molar-refractivity contribution in [3.05, 3.63) is 72.5 Å². The lowest BCUT2D eigenvalue weighted by Crippen LogP contribution is -2.56. The summed E-state index contributed by atoms with van der Waals surface area (Å²) in [4.78, 5) is 35.5. The standard InChI is InChI=1S/C23H24N6O3/c1-17-15-27(16-24-17)20-11-9-18(25-22(20)32-2)10-12-21(30)26-29-14-6-13-28(23(29)31)19-7-4-3-5-8-19/h3-5,7-12,15-16H,6,13-14H2,1-2H3,(H,26,30)/b12-10+. The molecule has 3 heterocycles. The fourth-order valence-electron chi connectivity index (χ4n) is 3.45. The Morgan fingerprint density at radius 3 is 2.69 bits per heavy atom. The molecule has 3 aromatic rings. The lowest BCUT2D eigenvalue weighted by atomic mass is 10.2. The van der Waals surface area contributed by atoms with E-state index in [0.717, 1.165) is 23.5 Å². The number of pyridine rings is 1. The van der Waals surface area contributed by atoms with Crippen molar-refractivity contribution in [3.63, 3.8) is 0 Å². The number of amides is 3. The van der Waals surface area contributed by atoms with Crippen LogP contribution in [0.5, 0.6) is 5.88 Å². The number of benzene rings is 1. The summed E-state index contributed by atoms with van der Waals surface area (Å²) in [5.74, 6) is -0.00184. The molecule has 1 fully saturated rings. The number of hydrogen-bond acceptors (Lipinski definition) is 5. The Balaban J connectivity index is 1.42. The quantitative estimate of drug-likeness (QED) is 0.605. The number of anilines is 1. The van der Waals surface area contributed by atoms with Gasteiger partial charge in [-0.3, -0.25) is 15.1 Å². The molecule has 0 bridgehead atoms. The molecule has 2 aromatic heterocycles. The second kappa shape index (κ2) is 9.34. The van der Waals surface area contributed by atoms with E-state index in [0.29, 0.717) is 24.7 Å². The zero-order valence-corrected chi connectivity index (χ0v) is 17.9. The van der Waals surface area contributed by atoms with Crippen LogP contribution in [0.25, 0.3) is 11.8 Å². The molecule has 0 saturated carbocycles. The number of aromatic nitrogens is 3. The van der Waals surface area contributed by atoms with Gasteiger partial charge >= 0.3 is 6.03 Å². The Bertz CT molecular complexity index is 1140. The number of ether oxygens (including phenoxy) is 1. The molecule has 0 spiro atoms. The van der Waals surface area contributed by atoms with Crippen molar-refractivity contribution in [2.45, 2.75) is 13.3 Å². The summed E-state index contributed by atoms with van der Waals surface area (Å²) in [6.45, 7) is 2.96. The lowest BCUT2D eigenvalue weighted by molar-refractivity contribution is -0.120. The minimum atomic E-state index is -0.414. The molecule has 1 N–H and O–H groups in total. The van der Waals surface area contributed by atoms with Crippen molar-refractivity contribution < 1.29 is 14.3 Å². The second-order valence-electron chi connectivity index (χ2n) is 7.27. The molecule has 9 nitrogen and oxygen atoms in total. The highest BCUT2D eigenvalue weighted by atomic mass is 16.5. The van der Waals surface area contributed by atoms with Gasteiger partial charge in [-0.1, -0.05) is 18.2 Å². The molecule has 0 unspecified atom stereocenters. The zero-order chi connectivity index (χ0) is 22.5. The SMILES string of the molecule is COc1nc(/C=C/C(=O)NN2CCCN(c3ccccc3)C2=O)ccc1-n1cnc(C)c1. The molecule has 9 heteroatoms. The molecule has 1 aliphatic rings. The second-order valence-corrected chi connectivity index (χ2v) is 7.27. The minimum Gasteiger partial charge on any atom is -0.479 e. The van der Waals surface area contributed by atoms with Crippen LogP contribution < -0.4 is 15.1 Å². The third-order valence-electron chi connectivity index (χ3n) is 4.99. The van der Waals surface area contributed by atoms with E-state index < -0.39 is 5.91 Å². The molecule has 1 saturated heterocycles. The van der Waals surface area contributed by atoms with Crippen LogP contribution in [0.2, 0.25) is 0 Å². The largest absolute Gasteiger partial charge is 0.479 e. The first-order valence-corrected chi connectivity index (χ1v) is 10.2. The van der Waals surface area contributed by atoms with E-state index in [1.165, 1.54) is 18.2 Å². The third kappa shape index (κ3) is 4.61. The van der Waals surface area contributed by atoms with Gasteiger partial charge in [0.25, 0.3) is 5.91 Å². The number of nitrogens with zero attached hydrogens (tertiary/aromatic N) is 5. The first kappa shape index (κ1) is 21.1. The molecule has 164 valence electrons. The normalized spacial score (nSPS) is 14.1. The molecule has 0 aliphatic carbocycles. The summed E-state index contributed by atoms with van der Waals surface area (Å²) < 4.78 is 7.21. The number of carbonyl (C=O) groups is 2. The van der Waals surface area contributed by atoms with Gasteiger partial charge in [-0.05, 0) is 43.7 Å². The number of rotatable bonds is 6. The molecular weight excluding hydrogens is 408 g/mol. The molecule has 32 heavy (non-hydrogen) atoms. The number of nitrogens with one attached hydrogen (secondary N) is 1. The number of imidazole rings is 1. The zero-order valence-electron chi connectivity index (χ0n) is 17.9. The van der Waals surface area contributed by atoms with Gasteiger partial charge in [-0.2, -0.15) is 0 Å². The Morgan fingerprint density at radius 1 is 1.16 bits per heavy atom. The summed E-state index contributed by atoms with van der Waals surface area (Å²) in [6.07, 6.45) is 7.23. The highest BCUT2D eigenvalue weighted by molar-refractivity contribution is 5.97. The predicted octanol–water partition coefficient (Wildman–Crippen LogP) is 2.96. The van der Waals surface area contributed by atoms with Gasteiger partial charge in [0.15, 0.2) is 0 Å². The molecule has 0 atom stereocenters. The smallest absolute Gasteiger partial charge is 0.343 e. The summed E-state index contributed by atoms with van der Waals surface area (Å²) in [7, 11) is 1.54. The lowest BCUT2D eigenvalue weighted by Gasteiger charge is -2.35. The third-order valence-corrected chi connectivity index (χ3v) is 4.99. The Hall–Kier alpha value is -4.14. The van der Waals surface area contributed by atoms with Crippen LogP contribution in [0.3, 0.4) is 0 Å². The van der Waals surface area contributed by atoms with Gasteiger partial charge in [0.2, 0.25) is 5.88 Å². The van der Waals surface area contributed by atoms with E-state index in [9.17, 15) is 9.59 Å². The van der Waals surface area contributed by atoms with E-state index in [2.05, 4.69) is 15.4 Å². The highest BCUT2D eigenvalue weighted by Crippen LogP contribution is 2.22. The Kier molecular flexibility index (Phi) is 6.16. The number of aryl methyl sites for hydroxylation is 1. The van der Waals surface area contributed by atoms with Crippen molar-refractivity contribution in [1.82, 2.24) is 25.0 Å². The average Bonchev–Trinajstić information content (AvgIpc) is 3.25. The van der Waals surface area contributed by atoms with E-state index in [1.54, 1.807) is 23.4 Å². The van der Waals surface area contributed by atoms with E-state index in [-0.39, 0.29) is 6.03 Å². The van der Waals surface area contributed by atoms with Crippen LogP contribution in [-0.2, 0) is 4.79 Å². The van der Waals surface area contributed by atoms with Gasteiger partial charge in [0, 0.05) is 31.0 Å². The van der Waals surface area contributed by atoms with Crippen molar-refractivity contribution in [2.75, 3.05) is 25.1 Å².